The van der Waals surface area contributed by atoms with Crippen molar-refractivity contribution in [2.24, 2.45) is 5.41 Å². The molecule has 1 aromatic rings. The Balaban J connectivity index is 2.14. The van der Waals surface area contributed by atoms with Gasteiger partial charge in [0.2, 0.25) is 10.0 Å². The molecule has 0 unspecified atom stereocenters. The molecule has 0 saturated carbocycles. The first-order valence-electron chi connectivity index (χ1n) is 7.03. The van der Waals surface area contributed by atoms with Crippen molar-refractivity contribution < 1.29 is 17.5 Å². The highest BCUT2D eigenvalue weighted by Crippen LogP contribution is 2.29. The summed E-state index contributed by atoms with van der Waals surface area (Å²) in [7, 11) is -2.28. The largest absolute Gasteiger partial charge is 0.384 e. The van der Waals surface area contributed by atoms with Crippen molar-refractivity contribution in [1.82, 2.24) is 10.0 Å². The monoisotopic (exact) mass is 394 g/mol. The van der Waals surface area contributed by atoms with E-state index in [0.29, 0.717) is 11.1 Å². The zero-order chi connectivity index (χ0) is 16.2. The van der Waals surface area contributed by atoms with E-state index >= 15 is 0 Å². The number of hydrogen-bond acceptors (Lipinski definition) is 4. The third-order valence-electron chi connectivity index (χ3n) is 3.94. The average molecular weight is 395 g/mol. The Labute approximate surface area is 138 Å². The van der Waals surface area contributed by atoms with Gasteiger partial charge in [0, 0.05) is 23.5 Å². The van der Waals surface area contributed by atoms with E-state index in [1.807, 2.05) is 0 Å². The van der Waals surface area contributed by atoms with Crippen LogP contribution in [0.3, 0.4) is 0 Å². The Kier molecular flexibility index (Phi) is 5.95. The maximum absolute atomic E-state index is 13.9. The summed E-state index contributed by atoms with van der Waals surface area (Å²) in [6, 6.07) is 3.91. The highest BCUT2D eigenvalue weighted by Gasteiger charge is 2.34. The summed E-state index contributed by atoms with van der Waals surface area (Å²) in [5.74, 6) is -0.770. The van der Waals surface area contributed by atoms with E-state index in [2.05, 4.69) is 26.0 Å². The first-order valence-corrected chi connectivity index (χ1v) is 9.31. The van der Waals surface area contributed by atoms with E-state index in [9.17, 15) is 12.8 Å². The van der Waals surface area contributed by atoms with Crippen LogP contribution in [0.5, 0.6) is 0 Å². The van der Waals surface area contributed by atoms with Gasteiger partial charge < -0.3 is 10.1 Å². The van der Waals surface area contributed by atoms with E-state index in [0.717, 1.165) is 32.0 Å². The fraction of sp³-hybridized carbons (Fsp3) is 0.571. The molecule has 124 valence electrons. The van der Waals surface area contributed by atoms with E-state index in [-0.39, 0.29) is 16.9 Å². The Bertz CT molecular complexity index is 613. The lowest BCUT2D eigenvalue weighted by molar-refractivity contribution is 0.0577. The van der Waals surface area contributed by atoms with Crippen molar-refractivity contribution in [3.05, 3.63) is 28.5 Å². The zero-order valence-corrected chi connectivity index (χ0v) is 14.8. The molecule has 1 fully saturated rings. The van der Waals surface area contributed by atoms with Gasteiger partial charge in [0.15, 0.2) is 0 Å². The van der Waals surface area contributed by atoms with Crippen LogP contribution in [0.15, 0.2) is 27.6 Å². The minimum absolute atomic E-state index is 0.236. The summed E-state index contributed by atoms with van der Waals surface area (Å²) in [5.41, 5.74) is -0.251. The van der Waals surface area contributed by atoms with Crippen LogP contribution in [-0.4, -0.2) is 41.8 Å². The van der Waals surface area contributed by atoms with Gasteiger partial charge in [0.1, 0.15) is 10.7 Å². The second-order valence-corrected chi connectivity index (χ2v) is 8.23. The van der Waals surface area contributed by atoms with Gasteiger partial charge in [-0.05, 0) is 44.1 Å². The van der Waals surface area contributed by atoms with Crippen molar-refractivity contribution in [1.29, 1.82) is 0 Å². The first-order chi connectivity index (χ1) is 10.4. The molecule has 1 saturated heterocycles. The molecule has 0 radical (unpaired) electrons. The highest BCUT2D eigenvalue weighted by atomic mass is 79.9. The summed E-state index contributed by atoms with van der Waals surface area (Å²) in [6.07, 6.45) is 1.62. The van der Waals surface area contributed by atoms with E-state index in [1.165, 1.54) is 12.1 Å². The third kappa shape index (κ3) is 4.26. The second kappa shape index (κ2) is 7.35. The normalized spacial score (nSPS) is 18.3. The summed E-state index contributed by atoms with van der Waals surface area (Å²) < 4.78 is 46.8. The fourth-order valence-electron chi connectivity index (χ4n) is 2.65. The maximum Gasteiger partial charge on any atom is 0.243 e. The molecule has 8 heteroatoms. The molecule has 2 rings (SSSR count). The Morgan fingerprint density at radius 3 is 2.68 bits per heavy atom. The minimum atomic E-state index is -3.89. The van der Waals surface area contributed by atoms with Crippen molar-refractivity contribution >= 4 is 26.0 Å². The minimum Gasteiger partial charge on any atom is -0.384 e. The number of methoxy groups -OCH3 is 1. The summed E-state index contributed by atoms with van der Waals surface area (Å²) in [4.78, 5) is -0.336. The Morgan fingerprint density at radius 1 is 1.41 bits per heavy atom. The van der Waals surface area contributed by atoms with Crippen LogP contribution in [0, 0.1) is 11.2 Å². The van der Waals surface area contributed by atoms with E-state index in [1.54, 1.807) is 7.11 Å². The van der Waals surface area contributed by atoms with E-state index < -0.39 is 15.8 Å². The molecule has 1 heterocycles. The van der Waals surface area contributed by atoms with Gasteiger partial charge in [-0.25, -0.2) is 17.5 Å². The standard InChI is InChI=1S/C14H20BrFN2O3S/c1-21-10-14(4-6-17-7-5-14)9-18-22(19,20)13-3-2-11(15)8-12(13)16/h2-3,8,17-18H,4-7,9-10H2,1H3. The second-order valence-electron chi connectivity index (χ2n) is 5.58. The van der Waals surface area contributed by atoms with Crippen molar-refractivity contribution in [2.75, 3.05) is 33.4 Å². The number of rotatable bonds is 6. The predicted octanol–water partition coefficient (Wildman–Crippen LogP) is 1.88. The molecule has 0 spiro atoms. The number of halogens is 2. The number of hydrogen-bond donors (Lipinski definition) is 2. The number of ether oxygens (including phenoxy) is 1. The van der Waals surface area contributed by atoms with Gasteiger partial charge in [-0.1, -0.05) is 15.9 Å². The Morgan fingerprint density at radius 2 is 2.09 bits per heavy atom. The Hall–Kier alpha value is -0.540. The molecule has 1 aliphatic heterocycles. The van der Waals surface area contributed by atoms with Gasteiger partial charge in [0.25, 0.3) is 0 Å². The number of nitrogens with one attached hydrogen (secondary N) is 2. The molecule has 0 amide bonds. The van der Waals surface area contributed by atoms with Gasteiger partial charge in [-0.15, -0.1) is 0 Å². The van der Waals surface area contributed by atoms with Crippen molar-refractivity contribution in [2.45, 2.75) is 17.7 Å². The molecule has 0 atom stereocenters. The van der Waals surface area contributed by atoms with Gasteiger partial charge in [0.05, 0.1) is 6.61 Å². The van der Waals surface area contributed by atoms with Crippen LogP contribution in [-0.2, 0) is 14.8 Å². The average Bonchev–Trinajstić information content (AvgIpc) is 2.46. The van der Waals surface area contributed by atoms with Crippen molar-refractivity contribution in [3.63, 3.8) is 0 Å². The van der Waals surface area contributed by atoms with Crippen LogP contribution >= 0.6 is 15.9 Å². The molecule has 1 aliphatic rings. The summed E-state index contributed by atoms with van der Waals surface area (Å²) >= 11 is 3.11. The van der Waals surface area contributed by atoms with Gasteiger partial charge in [-0.3, -0.25) is 0 Å². The first kappa shape index (κ1) is 17.8. The predicted molar refractivity (Wildman–Crippen MR) is 85.7 cm³/mol. The molecular formula is C14H20BrFN2O3S. The lowest BCUT2D eigenvalue weighted by Crippen LogP contribution is -2.47. The van der Waals surface area contributed by atoms with Crippen LogP contribution in [0.1, 0.15) is 12.8 Å². The maximum atomic E-state index is 13.9. The number of sulfonamides is 1. The smallest absolute Gasteiger partial charge is 0.243 e. The quantitative estimate of drug-likeness (QED) is 0.772. The zero-order valence-electron chi connectivity index (χ0n) is 12.4. The van der Waals surface area contributed by atoms with Crippen LogP contribution in [0.25, 0.3) is 0 Å². The molecule has 22 heavy (non-hydrogen) atoms. The molecule has 0 aliphatic carbocycles. The lowest BCUT2D eigenvalue weighted by atomic mass is 9.80. The van der Waals surface area contributed by atoms with Crippen molar-refractivity contribution in [3.8, 4) is 0 Å². The molecule has 5 nitrogen and oxygen atoms in total. The highest BCUT2D eigenvalue weighted by molar-refractivity contribution is 9.10. The molecule has 0 aromatic heterocycles. The molecule has 0 bridgehead atoms. The van der Waals surface area contributed by atoms with Crippen LogP contribution < -0.4 is 10.0 Å². The van der Waals surface area contributed by atoms with Crippen LogP contribution in [0.2, 0.25) is 0 Å². The fourth-order valence-corrected chi connectivity index (χ4v) is 4.20. The third-order valence-corrected chi connectivity index (χ3v) is 5.86. The van der Waals surface area contributed by atoms with Gasteiger partial charge >= 0.3 is 0 Å². The topological polar surface area (TPSA) is 67.4 Å². The van der Waals surface area contributed by atoms with Crippen LogP contribution in [0.4, 0.5) is 4.39 Å². The molecular weight excluding hydrogens is 375 g/mol. The lowest BCUT2D eigenvalue weighted by Gasteiger charge is -2.37. The summed E-state index contributed by atoms with van der Waals surface area (Å²) in [6.45, 7) is 2.34. The van der Waals surface area contributed by atoms with E-state index in [4.69, 9.17) is 4.74 Å². The summed E-state index contributed by atoms with van der Waals surface area (Å²) in [5, 5.41) is 3.24. The molecule has 1 aromatic carbocycles. The van der Waals surface area contributed by atoms with Gasteiger partial charge in [-0.2, -0.15) is 0 Å². The SMILES string of the molecule is COCC1(CNS(=O)(=O)c2ccc(Br)cc2F)CCNCC1. The molecule has 2 N–H and O–H groups in total. The number of benzene rings is 1. The number of piperidine rings is 1.